The Bertz CT molecular complexity index is 944. The number of nitrogens with one attached hydrogen (secondary N) is 2. The molecule has 0 spiro atoms. The smallest absolute Gasteiger partial charge is 0.229 e. The SMILES string of the molecule is COc1cccc(Nc2nc(-c3cccc(NC(=O)C(C)(C)C)c3)cs2)c1. The number of rotatable bonds is 5. The fourth-order valence-corrected chi connectivity index (χ4v) is 3.10. The van der Waals surface area contributed by atoms with Crippen molar-refractivity contribution in [2.75, 3.05) is 17.7 Å². The Hall–Kier alpha value is -2.86. The van der Waals surface area contributed by atoms with Gasteiger partial charge >= 0.3 is 0 Å². The second kappa shape index (κ2) is 7.80. The van der Waals surface area contributed by atoms with Crippen LogP contribution in [0.15, 0.2) is 53.9 Å². The quantitative estimate of drug-likeness (QED) is 0.608. The van der Waals surface area contributed by atoms with Crippen molar-refractivity contribution < 1.29 is 9.53 Å². The Kier molecular flexibility index (Phi) is 5.46. The summed E-state index contributed by atoms with van der Waals surface area (Å²) < 4.78 is 5.24. The van der Waals surface area contributed by atoms with E-state index in [4.69, 9.17) is 4.74 Å². The van der Waals surface area contributed by atoms with Crippen LogP contribution in [-0.4, -0.2) is 18.0 Å². The lowest BCUT2D eigenvalue weighted by Gasteiger charge is -2.17. The van der Waals surface area contributed by atoms with Crippen LogP contribution in [-0.2, 0) is 4.79 Å². The van der Waals surface area contributed by atoms with Crippen LogP contribution in [0.5, 0.6) is 5.75 Å². The fourth-order valence-electron chi connectivity index (χ4n) is 2.36. The van der Waals surface area contributed by atoms with Gasteiger partial charge in [0, 0.05) is 33.8 Å². The first kappa shape index (κ1) is 18.9. The first-order chi connectivity index (χ1) is 12.8. The van der Waals surface area contributed by atoms with E-state index >= 15 is 0 Å². The van der Waals surface area contributed by atoms with Crippen molar-refractivity contribution in [3.63, 3.8) is 0 Å². The van der Waals surface area contributed by atoms with Crippen molar-refractivity contribution >= 4 is 33.8 Å². The molecule has 0 radical (unpaired) electrons. The molecular formula is C21H23N3O2S. The second-order valence-corrected chi connectivity index (χ2v) is 8.04. The number of thiazole rings is 1. The van der Waals surface area contributed by atoms with Crippen LogP contribution in [0, 0.1) is 5.41 Å². The minimum absolute atomic E-state index is 0.0155. The molecule has 5 nitrogen and oxygen atoms in total. The number of amides is 1. The predicted octanol–water partition coefficient (Wildman–Crippen LogP) is 5.55. The summed E-state index contributed by atoms with van der Waals surface area (Å²) in [5.74, 6) is 0.775. The molecule has 0 unspecified atom stereocenters. The molecule has 2 N–H and O–H groups in total. The molecule has 0 saturated carbocycles. The van der Waals surface area contributed by atoms with Crippen LogP contribution >= 0.6 is 11.3 Å². The number of hydrogen-bond acceptors (Lipinski definition) is 5. The van der Waals surface area contributed by atoms with Gasteiger partial charge in [0.05, 0.1) is 12.8 Å². The van der Waals surface area contributed by atoms with Gasteiger partial charge in [-0.3, -0.25) is 4.79 Å². The van der Waals surface area contributed by atoms with Crippen molar-refractivity contribution in [3.05, 3.63) is 53.9 Å². The Morgan fingerprint density at radius 2 is 1.81 bits per heavy atom. The molecule has 0 aliphatic carbocycles. The lowest BCUT2D eigenvalue weighted by atomic mass is 9.95. The number of aromatic nitrogens is 1. The van der Waals surface area contributed by atoms with Crippen LogP contribution in [0.2, 0.25) is 0 Å². The summed E-state index contributed by atoms with van der Waals surface area (Å²) >= 11 is 1.53. The van der Waals surface area contributed by atoms with E-state index in [2.05, 4.69) is 15.6 Å². The molecule has 2 aromatic carbocycles. The Labute approximate surface area is 163 Å². The standard InChI is InChI=1S/C21H23N3O2S/c1-21(2,3)19(25)22-15-8-5-7-14(11-15)18-13-27-20(24-18)23-16-9-6-10-17(12-16)26-4/h5-13H,1-4H3,(H,22,25)(H,23,24). The fraction of sp³-hybridized carbons (Fsp3) is 0.238. The molecule has 1 aromatic heterocycles. The molecule has 0 fully saturated rings. The number of carbonyl (C=O) groups excluding carboxylic acids is 1. The first-order valence-electron chi connectivity index (χ1n) is 8.63. The van der Waals surface area contributed by atoms with E-state index < -0.39 is 5.41 Å². The van der Waals surface area contributed by atoms with Crippen LogP contribution in [0.25, 0.3) is 11.3 Å². The van der Waals surface area contributed by atoms with E-state index in [9.17, 15) is 4.79 Å². The van der Waals surface area contributed by atoms with Crippen LogP contribution < -0.4 is 15.4 Å². The number of carbonyl (C=O) groups is 1. The van der Waals surface area contributed by atoms with E-state index in [1.165, 1.54) is 11.3 Å². The van der Waals surface area contributed by atoms with Gasteiger partial charge in [-0.05, 0) is 24.3 Å². The van der Waals surface area contributed by atoms with Crippen molar-refractivity contribution in [2.24, 2.45) is 5.41 Å². The molecule has 3 aromatic rings. The molecule has 1 heterocycles. The van der Waals surface area contributed by atoms with Gasteiger partial charge in [0.1, 0.15) is 5.75 Å². The largest absolute Gasteiger partial charge is 0.497 e. The lowest BCUT2D eigenvalue weighted by molar-refractivity contribution is -0.123. The van der Waals surface area contributed by atoms with Crippen LogP contribution in [0.3, 0.4) is 0 Å². The van der Waals surface area contributed by atoms with Crippen LogP contribution in [0.4, 0.5) is 16.5 Å². The van der Waals surface area contributed by atoms with Gasteiger partial charge in [0.25, 0.3) is 0 Å². The Morgan fingerprint density at radius 3 is 2.56 bits per heavy atom. The van der Waals surface area contributed by atoms with E-state index in [0.29, 0.717) is 0 Å². The molecule has 0 aliphatic rings. The average Bonchev–Trinajstić information content (AvgIpc) is 3.10. The molecule has 0 saturated heterocycles. The summed E-state index contributed by atoms with van der Waals surface area (Å²) in [5.41, 5.74) is 3.06. The molecule has 140 valence electrons. The number of nitrogens with zero attached hydrogens (tertiary/aromatic N) is 1. The maximum atomic E-state index is 12.2. The third kappa shape index (κ3) is 4.86. The molecule has 3 rings (SSSR count). The summed E-state index contributed by atoms with van der Waals surface area (Å²) in [7, 11) is 1.64. The highest BCUT2D eigenvalue weighted by atomic mass is 32.1. The van der Waals surface area contributed by atoms with E-state index in [1.807, 2.05) is 74.7 Å². The zero-order valence-electron chi connectivity index (χ0n) is 15.9. The van der Waals surface area contributed by atoms with Gasteiger partial charge < -0.3 is 15.4 Å². The number of hydrogen-bond donors (Lipinski definition) is 2. The zero-order chi connectivity index (χ0) is 19.4. The van der Waals surface area contributed by atoms with E-state index in [1.54, 1.807) is 7.11 Å². The van der Waals surface area contributed by atoms with Gasteiger partial charge in [0.15, 0.2) is 5.13 Å². The summed E-state index contributed by atoms with van der Waals surface area (Å²) in [6, 6.07) is 15.4. The Morgan fingerprint density at radius 1 is 1.07 bits per heavy atom. The number of ether oxygens (including phenoxy) is 1. The summed E-state index contributed by atoms with van der Waals surface area (Å²) in [4.78, 5) is 16.9. The summed E-state index contributed by atoms with van der Waals surface area (Å²) in [5, 5.41) is 9.04. The average molecular weight is 382 g/mol. The third-order valence-corrected chi connectivity index (χ3v) is 4.68. The highest BCUT2D eigenvalue weighted by Gasteiger charge is 2.21. The van der Waals surface area contributed by atoms with Crippen molar-refractivity contribution in [1.29, 1.82) is 0 Å². The van der Waals surface area contributed by atoms with Crippen molar-refractivity contribution in [1.82, 2.24) is 4.98 Å². The normalized spacial score (nSPS) is 11.1. The highest BCUT2D eigenvalue weighted by molar-refractivity contribution is 7.14. The monoisotopic (exact) mass is 381 g/mol. The highest BCUT2D eigenvalue weighted by Crippen LogP contribution is 2.30. The van der Waals surface area contributed by atoms with Gasteiger partial charge in [-0.1, -0.05) is 39.0 Å². The minimum atomic E-state index is -0.440. The van der Waals surface area contributed by atoms with Gasteiger partial charge in [0.2, 0.25) is 5.91 Å². The van der Waals surface area contributed by atoms with Gasteiger partial charge in [-0.2, -0.15) is 0 Å². The van der Waals surface area contributed by atoms with Crippen LogP contribution in [0.1, 0.15) is 20.8 Å². The molecular weight excluding hydrogens is 358 g/mol. The van der Waals surface area contributed by atoms with E-state index in [0.717, 1.165) is 33.5 Å². The summed E-state index contributed by atoms with van der Waals surface area (Å²) in [6.07, 6.45) is 0. The molecule has 0 bridgehead atoms. The second-order valence-electron chi connectivity index (χ2n) is 7.18. The zero-order valence-corrected chi connectivity index (χ0v) is 16.7. The predicted molar refractivity (Wildman–Crippen MR) is 112 cm³/mol. The van der Waals surface area contributed by atoms with E-state index in [-0.39, 0.29) is 5.91 Å². The minimum Gasteiger partial charge on any atom is -0.497 e. The molecule has 6 heteroatoms. The number of benzene rings is 2. The molecule has 0 aliphatic heterocycles. The lowest BCUT2D eigenvalue weighted by Crippen LogP contribution is -2.27. The third-order valence-electron chi connectivity index (χ3n) is 3.92. The molecule has 1 amide bonds. The van der Waals surface area contributed by atoms with Gasteiger partial charge in [-0.15, -0.1) is 11.3 Å². The summed E-state index contributed by atoms with van der Waals surface area (Å²) in [6.45, 7) is 5.68. The van der Waals surface area contributed by atoms with Gasteiger partial charge in [-0.25, -0.2) is 4.98 Å². The molecule has 0 atom stereocenters. The topological polar surface area (TPSA) is 63.2 Å². The maximum Gasteiger partial charge on any atom is 0.229 e. The first-order valence-corrected chi connectivity index (χ1v) is 9.51. The van der Waals surface area contributed by atoms with Crippen molar-refractivity contribution in [3.8, 4) is 17.0 Å². The maximum absolute atomic E-state index is 12.2. The number of anilines is 3. The molecule has 27 heavy (non-hydrogen) atoms. The van der Waals surface area contributed by atoms with Crippen molar-refractivity contribution in [2.45, 2.75) is 20.8 Å². The Balaban J connectivity index is 1.76. The number of methoxy groups -OCH3 is 1.